The van der Waals surface area contributed by atoms with Crippen LogP contribution in [0.3, 0.4) is 0 Å². The number of halogens is 4. The first-order valence-corrected chi connectivity index (χ1v) is 8.20. The zero-order valence-electron chi connectivity index (χ0n) is 14.6. The molecule has 2 rings (SSSR count). The van der Waals surface area contributed by atoms with Crippen molar-refractivity contribution in [3.63, 3.8) is 0 Å². The van der Waals surface area contributed by atoms with Crippen LogP contribution in [-0.4, -0.2) is 37.9 Å². The molecular weight excluding hydrogens is 385 g/mol. The van der Waals surface area contributed by atoms with Crippen molar-refractivity contribution < 1.29 is 27.4 Å². The average molecular weight is 403 g/mol. The summed E-state index contributed by atoms with van der Waals surface area (Å²) in [7, 11) is 2.88. The van der Waals surface area contributed by atoms with E-state index in [1.807, 2.05) is 0 Å². The lowest BCUT2D eigenvalue weighted by molar-refractivity contribution is -0.153. The second-order valence-electron chi connectivity index (χ2n) is 5.65. The molecule has 5 nitrogen and oxygen atoms in total. The van der Waals surface area contributed by atoms with Gasteiger partial charge in [-0.3, -0.25) is 0 Å². The molecule has 0 atom stereocenters. The van der Waals surface area contributed by atoms with Crippen LogP contribution >= 0.6 is 11.6 Å². The summed E-state index contributed by atoms with van der Waals surface area (Å²) in [5.74, 6) is 0.00283. The van der Waals surface area contributed by atoms with Gasteiger partial charge in [0.15, 0.2) is 18.1 Å². The maximum Gasteiger partial charge on any atom is 0.422 e. The Labute approximate surface area is 159 Å². The van der Waals surface area contributed by atoms with Crippen molar-refractivity contribution in [2.24, 2.45) is 0 Å². The highest BCUT2D eigenvalue weighted by atomic mass is 35.5. The Balaban J connectivity index is 2.07. The molecule has 0 spiro atoms. The molecule has 146 valence electrons. The molecule has 0 saturated carbocycles. The summed E-state index contributed by atoms with van der Waals surface area (Å²) in [5, 5.41) is 3.13. The predicted molar refractivity (Wildman–Crippen MR) is 96.5 cm³/mol. The van der Waals surface area contributed by atoms with E-state index in [1.165, 1.54) is 30.2 Å². The number of urea groups is 1. The lowest BCUT2D eigenvalue weighted by Crippen LogP contribution is -2.31. The Morgan fingerprint density at radius 1 is 1.19 bits per heavy atom. The van der Waals surface area contributed by atoms with Crippen molar-refractivity contribution >= 4 is 23.3 Å². The van der Waals surface area contributed by atoms with Gasteiger partial charge in [-0.15, -0.1) is 0 Å². The number of carbonyl (C=O) groups excluding carboxylic acids is 1. The van der Waals surface area contributed by atoms with Gasteiger partial charge in [0.2, 0.25) is 0 Å². The number of amides is 2. The molecule has 0 aromatic heterocycles. The van der Waals surface area contributed by atoms with Crippen LogP contribution in [-0.2, 0) is 6.54 Å². The number of methoxy groups -OCH3 is 1. The number of hydrogen-bond donors (Lipinski definition) is 1. The first kappa shape index (κ1) is 20.7. The van der Waals surface area contributed by atoms with E-state index in [0.29, 0.717) is 5.02 Å². The summed E-state index contributed by atoms with van der Waals surface area (Å²) in [6.45, 7) is -1.20. The summed E-state index contributed by atoms with van der Waals surface area (Å²) in [6.07, 6.45) is -4.49. The van der Waals surface area contributed by atoms with Gasteiger partial charge >= 0.3 is 12.2 Å². The highest BCUT2D eigenvalue weighted by molar-refractivity contribution is 6.31. The van der Waals surface area contributed by atoms with E-state index in [2.05, 4.69) is 5.32 Å². The highest BCUT2D eigenvalue weighted by Gasteiger charge is 2.29. The van der Waals surface area contributed by atoms with Crippen LogP contribution in [0, 0.1) is 0 Å². The monoisotopic (exact) mass is 402 g/mol. The normalized spacial score (nSPS) is 11.0. The maximum atomic E-state index is 12.4. The fourth-order valence-corrected chi connectivity index (χ4v) is 2.40. The Morgan fingerprint density at radius 2 is 1.89 bits per heavy atom. The van der Waals surface area contributed by atoms with Crippen molar-refractivity contribution in [2.75, 3.05) is 26.1 Å². The highest BCUT2D eigenvalue weighted by Crippen LogP contribution is 2.31. The number of hydrogen-bond acceptors (Lipinski definition) is 3. The molecule has 0 unspecified atom stereocenters. The summed E-state index contributed by atoms with van der Waals surface area (Å²) in [5.41, 5.74) is 1.03. The summed E-state index contributed by atoms with van der Waals surface area (Å²) < 4.78 is 46.9. The van der Waals surface area contributed by atoms with Crippen molar-refractivity contribution in [1.29, 1.82) is 0 Å². The van der Waals surface area contributed by atoms with Crippen molar-refractivity contribution in [3.8, 4) is 11.5 Å². The fraction of sp³-hybridized carbons (Fsp3) is 0.278. The van der Waals surface area contributed by atoms with Crippen molar-refractivity contribution in [1.82, 2.24) is 4.90 Å². The van der Waals surface area contributed by atoms with E-state index in [4.69, 9.17) is 21.1 Å². The number of benzene rings is 2. The summed E-state index contributed by atoms with van der Waals surface area (Å²) in [6, 6.07) is 10.8. The van der Waals surface area contributed by atoms with Gasteiger partial charge in [-0.2, -0.15) is 13.2 Å². The van der Waals surface area contributed by atoms with Gasteiger partial charge < -0.3 is 19.7 Å². The maximum absolute atomic E-state index is 12.4. The SMILES string of the molecule is COc1ccc(NC(=O)N(C)Cc2ccccc2Cl)cc1OCC(F)(F)F. The van der Waals surface area contributed by atoms with Gasteiger partial charge in [-0.1, -0.05) is 29.8 Å². The van der Waals surface area contributed by atoms with Crippen molar-refractivity contribution in [3.05, 3.63) is 53.1 Å². The number of alkyl halides is 3. The second-order valence-corrected chi connectivity index (χ2v) is 6.05. The third kappa shape index (κ3) is 6.25. The van der Waals surface area contributed by atoms with Gasteiger partial charge in [-0.25, -0.2) is 4.79 Å². The molecule has 9 heteroatoms. The molecular formula is C18H18ClF3N2O3. The molecule has 2 amide bonds. The summed E-state index contributed by atoms with van der Waals surface area (Å²) >= 11 is 6.08. The number of rotatable bonds is 6. The summed E-state index contributed by atoms with van der Waals surface area (Å²) in [4.78, 5) is 13.7. The molecule has 0 aliphatic carbocycles. The van der Waals surface area contributed by atoms with Crippen molar-refractivity contribution in [2.45, 2.75) is 12.7 Å². The molecule has 0 heterocycles. The predicted octanol–water partition coefficient (Wildman–Crippen LogP) is 4.95. The Morgan fingerprint density at radius 3 is 2.52 bits per heavy atom. The number of ether oxygens (including phenoxy) is 2. The zero-order chi connectivity index (χ0) is 20.0. The first-order valence-electron chi connectivity index (χ1n) is 7.82. The van der Waals surface area contributed by atoms with E-state index in [1.54, 1.807) is 31.3 Å². The smallest absolute Gasteiger partial charge is 0.422 e. The topological polar surface area (TPSA) is 50.8 Å². The Hall–Kier alpha value is -2.61. The molecule has 1 N–H and O–H groups in total. The Kier molecular flexibility index (Phi) is 6.79. The van der Waals surface area contributed by atoms with Gasteiger partial charge in [0.05, 0.1) is 7.11 Å². The van der Waals surface area contributed by atoms with E-state index < -0.39 is 18.8 Å². The number of nitrogens with one attached hydrogen (secondary N) is 1. The third-order valence-electron chi connectivity index (χ3n) is 3.52. The Bertz CT molecular complexity index is 800. The van der Waals surface area contributed by atoms with Crippen LogP contribution in [0.4, 0.5) is 23.7 Å². The standard InChI is InChI=1S/C18H18ClF3N2O3/c1-24(10-12-5-3-4-6-14(12)19)17(25)23-13-7-8-15(26-2)16(9-13)27-11-18(20,21)22/h3-9H,10-11H2,1-2H3,(H,23,25). The quantitative estimate of drug-likeness (QED) is 0.743. The van der Waals surface area contributed by atoms with E-state index in [-0.39, 0.29) is 23.7 Å². The van der Waals surface area contributed by atoms with Crippen LogP contribution in [0.15, 0.2) is 42.5 Å². The number of anilines is 1. The molecule has 2 aromatic carbocycles. The molecule has 0 saturated heterocycles. The van der Waals surface area contributed by atoms with Crippen LogP contribution in [0.2, 0.25) is 5.02 Å². The minimum atomic E-state index is -4.49. The molecule has 27 heavy (non-hydrogen) atoms. The third-order valence-corrected chi connectivity index (χ3v) is 3.89. The van der Waals surface area contributed by atoms with Crippen LogP contribution in [0.25, 0.3) is 0 Å². The molecule has 0 aliphatic rings. The van der Waals surface area contributed by atoms with E-state index in [0.717, 1.165) is 5.56 Å². The van der Waals surface area contributed by atoms with Gasteiger partial charge in [-0.05, 0) is 23.8 Å². The first-order chi connectivity index (χ1) is 12.7. The van der Waals surface area contributed by atoms with E-state index in [9.17, 15) is 18.0 Å². The molecule has 0 bridgehead atoms. The largest absolute Gasteiger partial charge is 0.493 e. The van der Waals surface area contributed by atoms with Gasteiger partial charge in [0, 0.05) is 30.4 Å². The fourth-order valence-electron chi connectivity index (χ4n) is 2.20. The molecule has 0 radical (unpaired) electrons. The van der Waals surface area contributed by atoms with Crippen LogP contribution in [0.1, 0.15) is 5.56 Å². The van der Waals surface area contributed by atoms with Crippen LogP contribution in [0.5, 0.6) is 11.5 Å². The zero-order valence-corrected chi connectivity index (χ0v) is 15.4. The van der Waals surface area contributed by atoms with Gasteiger partial charge in [0.25, 0.3) is 0 Å². The van der Waals surface area contributed by atoms with E-state index >= 15 is 0 Å². The number of carbonyl (C=O) groups is 1. The minimum absolute atomic E-state index is 0.124. The lowest BCUT2D eigenvalue weighted by atomic mass is 10.2. The van der Waals surface area contributed by atoms with Gasteiger partial charge in [0.1, 0.15) is 0 Å². The molecule has 0 fully saturated rings. The minimum Gasteiger partial charge on any atom is -0.493 e. The molecule has 0 aliphatic heterocycles. The lowest BCUT2D eigenvalue weighted by Gasteiger charge is -2.19. The van der Waals surface area contributed by atoms with Crippen LogP contribution < -0.4 is 14.8 Å². The average Bonchev–Trinajstić information content (AvgIpc) is 2.61. The second kappa shape index (κ2) is 8.85. The number of nitrogens with zero attached hydrogens (tertiary/aromatic N) is 1. The molecule has 2 aromatic rings.